The van der Waals surface area contributed by atoms with E-state index in [-0.39, 0.29) is 96.7 Å². The number of alkyl halides is 4. The maximum Gasteiger partial charge on any atom is 1.00 e. The van der Waals surface area contributed by atoms with Crippen LogP contribution < -0.4 is 29.6 Å². The molecule has 0 radical (unpaired) electrons. The second-order valence-electron chi connectivity index (χ2n) is 22.1. The number of aliphatic hydroxyl groups is 1. The van der Waals surface area contributed by atoms with Crippen LogP contribution >= 0.6 is 95.0 Å². The summed E-state index contributed by atoms with van der Waals surface area (Å²) in [5.74, 6) is 3.57. The van der Waals surface area contributed by atoms with E-state index in [1.165, 1.54) is 192 Å². The van der Waals surface area contributed by atoms with Crippen molar-refractivity contribution >= 4 is 128 Å². The summed E-state index contributed by atoms with van der Waals surface area (Å²) in [6, 6.07) is 0. The summed E-state index contributed by atoms with van der Waals surface area (Å²) in [5.41, 5.74) is 0. The zero-order valence-electron chi connectivity index (χ0n) is 60.2. The molecule has 14 nitrogen and oxygen atoms in total. The Bertz CT molecular complexity index is 1560. The quantitative estimate of drug-likeness (QED) is 0.0130. The van der Waals surface area contributed by atoms with E-state index in [2.05, 4.69) is 38.4 Å². The number of ketones is 3. The Morgan fingerprint density at radius 3 is 0.872 bits per heavy atom. The van der Waals surface area contributed by atoms with Crippen LogP contribution in [0.1, 0.15) is 259 Å². The first-order valence-corrected chi connectivity index (χ1v) is 39.6. The first kappa shape index (κ1) is 108. The molecule has 0 aromatic heterocycles. The largest absolute Gasteiger partial charge is 1.00 e. The number of unbranched alkanes of at least 4 members (excludes halogenated alkanes) is 30. The third kappa shape index (κ3) is 129. The van der Waals surface area contributed by atoms with Crippen LogP contribution in [0.2, 0.25) is 0 Å². The Kier molecular flexibility index (Phi) is 120. The van der Waals surface area contributed by atoms with Gasteiger partial charge < -0.3 is 39.7 Å². The summed E-state index contributed by atoms with van der Waals surface area (Å²) in [7, 11) is 0. The zero-order chi connectivity index (χ0) is 70.3. The van der Waals surface area contributed by atoms with Crippen molar-refractivity contribution in [3.05, 3.63) is 25.3 Å². The molecule has 0 atom stereocenters. The van der Waals surface area contributed by atoms with Crippen molar-refractivity contribution in [1.29, 1.82) is 0 Å². The van der Waals surface area contributed by atoms with Gasteiger partial charge in [0.15, 0.2) is 27.6 Å². The van der Waals surface area contributed by atoms with E-state index in [4.69, 9.17) is 96.3 Å². The minimum atomic E-state index is -0.370. The molecule has 0 heterocycles. The summed E-state index contributed by atoms with van der Waals surface area (Å²) in [6.45, 7) is 17.8. The Morgan fingerprint density at radius 1 is 0.394 bits per heavy atom. The zero-order valence-corrected chi connectivity index (χ0v) is 67.6. The van der Waals surface area contributed by atoms with Crippen molar-refractivity contribution in [2.75, 3.05) is 134 Å². The number of aliphatic hydroxyl groups excluding tert-OH is 1. The third-order valence-electron chi connectivity index (χ3n) is 13.1. The summed E-state index contributed by atoms with van der Waals surface area (Å²) >= 11 is 35.3. The molecule has 23 heteroatoms. The first-order valence-electron chi connectivity index (χ1n) is 35.0. The summed E-state index contributed by atoms with van der Waals surface area (Å²) < 4.78 is 37.2. The molecule has 556 valence electrons. The smallest absolute Gasteiger partial charge is 1.00 e. The Hall–Kier alpha value is 0.680. The summed E-state index contributed by atoms with van der Waals surface area (Å²) in [4.78, 5) is 63.2. The van der Waals surface area contributed by atoms with Crippen LogP contribution in [0.15, 0.2) is 25.3 Å². The minimum absolute atomic E-state index is 0. The van der Waals surface area contributed by atoms with Crippen molar-refractivity contribution in [1.82, 2.24) is 0 Å². The topological polar surface area (TPSA) is 187 Å². The number of halogens is 5. The number of hydrogen-bond acceptors (Lipinski definition) is 16. The SMILES string of the molecule is C=CCCCCCCCCCOCCO.C=CCCCCCCCCCOCCOCC(=O)CCCl.CC(=O)S.CC(=O)SCCCCCCCCCCCOCCOCC(=O)CCCl.O=C(CCCl)COCCOCCCCCCCCCCCS.O=C(Cl)CCCl.[H-].[Na+]. The van der Waals surface area contributed by atoms with E-state index in [1.54, 1.807) is 6.92 Å². The standard InChI is InChI=1S/C19H35ClO4S.C17H33ClO3S.C17H31ClO3.C13H26O2.C3H4Cl2O.C2H4OS.Na.H/c1-18(21)25-16-10-8-6-4-2-3-5-7-9-13-23-14-15-24-17-19(22)11-12-20;18-11-10-17(19)16-21-14-13-20-12-8-6-4-2-1-3-5-7-9-15-22;1-2-3-4-5-6-7-8-9-10-13-20-14-15-21-16-17(19)11-12-18;1-2-3-4-5-6-7-8-9-10-12-15-13-11-14;4-2-1-3(5)6;1-2(3)4;;/h2-17H2,1H3;22H,1-16H2;2H,1,3-16H2;2,14H,1,3-13H2;1-2H2;1H3,(H,3,4);;/q;;;;;;+1;-1. The first-order chi connectivity index (χ1) is 45.2. The molecular formula is C71H134Cl5NaO14S3. The number of Topliss-reactive ketones (excluding diaryl/α,β-unsaturated/α-hetero) is 3. The molecule has 0 aromatic carbocycles. The molecule has 0 aliphatic rings. The molecule has 0 spiro atoms. The molecule has 0 bridgehead atoms. The minimum Gasteiger partial charge on any atom is -1.00 e. The van der Waals surface area contributed by atoms with Gasteiger partial charge in [-0.15, -0.1) is 72.2 Å². The van der Waals surface area contributed by atoms with E-state index in [1.807, 2.05) is 12.2 Å². The average molecular weight is 1510 g/mol. The van der Waals surface area contributed by atoms with Crippen molar-refractivity contribution in [3.63, 3.8) is 0 Å². The predicted molar refractivity (Wildman–Crippen MR) is 405 cm³/mol. The second kappa shape index (κ2) is 105. The van der Waals surface area contributed by atoms with Gasteiger partial charge in [-0.3, -0.25) is 28.8 Å². The molecule has 0 aliphatic heterocycles. The molecule has 1 N–H and O–H groups in total. The average Bonchev–Trinajstić information content (AvgIpc) is 3.62. The summed E-state index contributed by atoms with van der Waals surface area (Å²) in [6.07, 6.45) is 48.5. The van der Waals surface area contributed by atoms with Crippen molar-refractivity contribution in [3.8, 4) is 0 Å². The fourth-order valence-corrected chi connectivity index (χ4v) is 9.91. The van der Waals surface area contributed by atoms with Gasteiger partial charge in [-0.25, -0.2) is 0 Å². The van der Waals surface area contributed by atoms with Crippen LogP contribution in [0.3, 0.4) is 0 Å². The van der Waals surface area contributed by atoms with Crippen LogP contribution in [0, 0.1) is 0 Å². The monoisotopic (exact) mass is 1500 g/mol. The molecule has 0 rings (SSSR count). The van der Waals surface area contributed by atoms with Crippen molar-refractivity contribution in [2.45, 2.75) is 258 Å². The van der Waals surface area contributed by atoms with Gasteiger partial charge in [-0.2, -0.15) is 12.6 Å². The van der Waals surface area contributed by atoms with E-state index in [0.29, 0.717) is 89.0 Å². The Morgan fingerprint density at radius 2 is 0.638 bits per heavy atom. The van der Waals surface area contributed by atoms with Gasteiger partial charge in [0.25, 0.3) is 0 Å². The second-order valence-corrected chi connectivity index (χ2v) is 26.4. The molecule has 0 unspecified atom stereocenters. The number of hydrogen-bond donors (Lipinski definition) is 3. The van der Waals surface area contributed by atoms with Crippen LogP contribution in [0.5, 0.6) is 0 Å². The normalized spacial score (nSPS) is 10.4. The number of ether oxygens (including phenoxy) is 7. The van der Waals surface area contributed by atoms with Gasteiger partial charge >= 0.3 is 29.6 Å². The fraction of sp³-hybridized carbons (Fsp3) is 0.859. The Labute approximate surface area is 637 Å². The number of thioether (sulfide) groups is 1. The molecular weight excluding hydrogens is 1370 g/mol. The molecule has 0 saturated heterocycles. The van der Waals surface area contributed by atoms with E-state index >= 15 is 0 Å². The number of thiol groups is 2. The maximum absolute atomic E-state index is 11.2. The fourth-order valence-electron chi connectivity index (χ4n) is 8.06. The molecule has 0 aromatic rings. The van der Waals surface area contributed by atoms with Crippen LogP contribution in [0.4, 0.5) is 0 Å². The predicted octanol–water partition coefficient (Wildman–Crippen LogP) is 16.5. The molecule has 0 aliphatic carbocycles. The molecule has 0 fully saturated rings. The van der Waals surface area contributed by atoms with E-state index in [9.17, 15) is 28.8 Å². The number of rotatable bonds is 68. The van der Waals surface area contributed by atoms with Gasteiger partial charge in [0.2, 0.25) is 5.24 Å². The van der Waals surface area contributed by atoms with Gasteiger partial charge in [-0.1, -0.05) is 178 Å². The van der Waals surface area contributed by atoms with Crippen molar-refractivity contribution in [2.24, 2.45) is 0 Å². The number of carbonyl (C=O) groups excluding carboxylic acids is 6. The summed E-state index contributed by atoms with van der Waals surface area (Å²) in [5, 5.41) is 8.20. The van der Waals surface area contributed by atoms with Gasteiger partial charge in [-0.05, 0) is 81.6 Å². The van der Waals surface area contributed by atoms with Crippen LogP contribution in [-0.4, -0.2) is 172 Å². The van der Waals surface area contributed by atoms with Gasteiger partial charge in [0.1, 0.15) is 19.8 Å². The molecule has 0 saturated carbocycles. The maximum atomic E-state index is 11.2. The van der Waals surface area contributed by atoms with E-state index < -0.39 is 0 Å². The van der Waals surface area contributed by atoms with Crippen LogP contribution in [0.25, 0.3) is 0 Å². The number of allylic oxidation sites excluding steroid dienone is 2. The van der Waals surface area contributed by atoms with Crippen LogP contribution in [-0.2, 0) is 61.9 Å². The molecule has 94 heavy (non-hydrogen) atoms. The third-order valence-corrected chi connectivity index (χ3v) is 15.3. The van der Waals surface area contributed by atoms with Crippen molar-refractivity contribution < 1.29 is 98.0 Å². The Balaban J connectivity index is -0.000000169. The van der Waals surface area contributed by atoms with Gasteiger partial charge in [0, 0.05) is 95.2 Å². The molecule has 0 amide bonds. The number of carbonyl (C=O) groups is 6. The van der Waals surface area contributed by atoms with E-state index in [0.717, 1.165) is 82.9 Å². The van der Waals surface area contributed by atoms with Gasteiger partial charge in [0.05, 0.1) is 52.9 Å².